The normalized spacial score (nSPS) is 10.4. The van der Waals surface area contributed by atoms with E-state index in [9.17, 15) is 9.59 Å². The van der Waals surface area contributed by atoms with Crippen LogP contribution in [-0.4, -0.2) is 36.1 Å². The summed E-state index contributed by atoms with van der Waals surface area (Å²) in [4.78, 5) is 25.0. The molecule has 8 nitrogen and oxygen atoms in total. The first kappa shape index (κ1) is 20.8. The summed E-state index contributed by atoms with van der Waals surface area (Å²) in [6.45, 7) is 0. The molecule has 8 heteroatoms. The van der Waals surface area contributed by atoms with Crippen molar-refractivity contribution in [3.05, 3.63) is 89.5 Å². The predicted molar refractivity (Wildman–Crippen MR) is 117 cm³/mol. The van der Waals surface area contributed by atoms with Gasteiger partial charge >= 0.3 is 6.01 Å². The minimum absolute atomic E-state index is 0.0627. The average Bonchev–Trinajstić information content (AvgIpc) is 3.31. The number of aromatic nitrogens is 2. The summed E-state index contributed by atoms with van der Waals surface area (Å²) >= 11 is 0. The molecule has 32 heavy (non-hydrogen) atoms. The fourth-order valence-electron chi connectivity index (χ4n) is 3.06. The van der Waals surface area contributed by atoms with Crippen LogP contribution in [0, 0.1) is 0 Å². The fraction of sp³-hybridized carbons (Fsp3) is 0.0833. The van der Waals surface area contributed by atoms with Crippen molar-refractivity contribution in [3.8, 4) is 23.0 Å². The van der Waals surface area contributed by atoms with Gasteiger partial charge in [-0.05, 0) is 24.3 Å². The zero-order valence-electron chi connectivity index (χ0n) is 17.4. The van der Waals surface area contributed by atoms with E-state index in [1.165, 1.54) is 7.11 Å². The van der Waals surface area contributed by atoms with Crippen LogP contribution in [0.2, 0.25) is 0 Å². The van der Waals surface area contributed by atoms with E-state index in [2.05, 4.69) is 15.5 Å². The Kier molecular flexibility index (Phi) is 5.94. The van der Waals surface area contributed by atoms with Gasteiger partial charge in [-0.3, -0.25) is 14.9 Å². The number of amides is 1. The number of anilines is 1. The van der Waals surface area contributed by atoms with E-state index in [0.717, 1.165) is 0 Å². The van der Waals surface area contributed by atoms with E-state index in [1.807, 2.05) is 6.07 Å². The monoisotopic (exact) mass is 429 g/mol. The Morgan fingerprint density at radius 3 is 2.19 bits per heavy atom. The largest absolute Gasteiger partial charge is 0.497 e. The molecule has 4 rings (SSSR count). The highest BCUT2D eigenvalue weighted by Crippen LogP contribution is 2.33. The standard InChI is InChI=1S/C24H19N3O5/c1-30-18-12-13-19(20(14-18)31-2)23-26-27-24(32-23)25-22(29)17-10-8-16(9-11-17)21(28)15-6-4-3-5-7-15/h3-14H,1-2H3,(H,25,27,29). The average molecular weight is 429 g/mol. The third-order valence-corrected chi connectivity index (χ3v) is 4.73. The summed E-state index contributed by atoms with van der Waals surface area (Å²) in [5.41, 5.74) is 1.97. The Hall–Kier alpha value is -4.46. The Bertz CT molecular complexity index is 1250. The number of hydrogen-bond donors (Lipinski definition) is 1. The van der Waals surface area contributed by atoms with Crippen LogP contribution in [0.1, 0.15) is 26.3 Å². The maximum atomic E-state index is 12.6. The maximum Gasteiger partial charge on any atom is 0.322 e. The van der Waals surface area contributed by atoms with Crippen molar-refractivity contribution in [3.63, 3.8) is 0 Å². The lowest BCUT2D eigenvalue weighted by molar-refractivity contribution is 0.101. The lowest BCUT2D eigenvalue weighted by Crippen LogP contribution is -2.12. The first-order valence-corrected chi connectivity index (χ1v) is 9.66. The van der Waals surface area contributed by atoms with Crippen molar-refractivity contribution in [2.45, 2.75) is 0 Å². The number of benzene rings is 3. The van der Waals surface area contributed by atoms with Gasteiger partial charge in [0.05, 0.1) is 19.8 Å². The van der Waals surface area contributed by atoms with Crippen molar-refractivity contribution in [1.82, 2.24) is 10.2 Å². The molecule has 0 aliphatic heterocycles. The summed E-state index contributed by atoms with van der Waals surface area (Å²) < 4.78 is 16.1. The highest BCUT2D eigenvalue weighted by Gasteiger charge is 2.17. The number of nitrogens with zero attached hydrogens (tertiary/aromatic N) is 2. The van der Waals surface area contributed by atoms with Crippen LogP contribution in [0.25, 0.3) is 11.5 Å². The molecule has 3 aromatic carbocycles. The van der Waals surface area contributed by atoms with Gasteiger partial charge in [-0.1, -0.05) is 47.6 Å². The van der Waals surface area contributed by atoms with E-state index in [1.54, 1.807) is 73.8 Å². The first-order valence-electron chi connectivity index (χ1n) is 9.66. The molecular formula is C24H19N3O5. The molecule has 0 atom stereocenters. The Balaban J connectivity index is 1.47. The molecule has 0 fully saturated rings. The molecule has 0 unspecified atom stereocenters. The van der Waals surface area contributed by atoms with Gasteiger partial charge in [-0.15, -0.1) is 5.10 Å². The van der Waals surface area contributed by atoms with Crippen LogP contribution in [-0.2, 0) is 0 Å². The number of carbonyl (C=O) groups excluding carboxylic acids is 2. The van der Waals surface area contributed by atoms with Crippen molar-refractivity contribution >= 4 is 17.7 Å². The highest BCUT2D eigenvalue weighted by molar-refractivity contribution is 6.10. The minimum Gasteiger partial charge on any atom is -0.497 e. The molecule has 1 amide bonds. The molecule has 4 aromatic rings. The second-order valence-electron chi connectivity index (χ2n) is 6.71. The zero-order valence-corrected chi connectivity index (χ0v) is 17.4. The van der Waals surface area contributed by atoms with E-state index < -0.39 is 5.91 Å². The third kappa shape index (κ3) is 4.34. The lowest BCUT2D eigenvalue weighted by Gasteiger charge is -2.07. The molecule has 0 bridgehead atoms. The second-order valence-corrected chi connectivity index (χ2v) is 6.71. The number of ether oxygens (including phenoxy) is 2. The summed E-state index contributed by atoms with van der Waals surface area (Å²) in [6.07, 6.45) is 0. The third-order valence-electron chi connectivity index (χ3n) is 4.73. The Morgan fingerprint density at radius 2 is 1.50 bits per heavy atom. The maximum absolute atomic E-state index is 12.6. The van der Waals surface area contributed by atoms with Gasteiger partial charge < -0.3 is 13.9 Å². The Labute approximate surface area is 183 Å². The molecule has 1 aromatic heterocycles. The molecule has 160 valence electrons. The number of rotatable bonds is 7. The van der Waals surface area contributed by atoms with Crippen LogP contribution in [0.3, 0.4) is 0 Å². The number of nitrogens with one attached hydrogen (secondary N) is 1. The van der Waals surface area contributed by atoms with Crippen LogP contribution in [0.4, 0.5) is 6.01 Å². The van der Waals surface area contributed by atoms with Crippen LogP contribution < -0.4 is 14.8 Å². The molecule has 0 saturated carbocycles. The molecule has 1 N–H and O–H groups in total. The number of carbonyl (C=O) groups is 2. The second kappa shape index (κ2) is 9.13. The predicted octanol–water partition coefficient (Wildman–Crippen LogP) is 4.24. The van der Waals surface area contributed by atoms with Gasteiger partial charge in [0.1, 0.15) is 11.5 Å². The zero-order chi connectivity index (χ0) is 22.5. The highest BCUT2D eigenvalue weighted by atomic mass is 16.5. The molecule has 0 saturated heterocycles. The molecule has 0 radical (unpaired) electrons. The molecule has 0 aliphatic carbocycles. The fourth-order valence-corrected chi connectivity index (χ4v) is 3.06. The van der Waals surface area contributed by atoms with Gasteiger partial charge in [0.2, 0.25) is 0 Å². The van der Waals surface area contributed by atoms with Gasteiger partial charge in [0.25, 0.3) is 11.8 Å². The lowest BCUT2D eigenvalue weighted by atomic mass is 10.0. The van der Waals surface area contributed by atoms with Gasteiger partial charge in [-0.25, -0.2) is 0 Å². The first-order chi connectivity index (χ1) is 15.6. The van der Waals surface area contributed by atoms with E-state index in [-0.39, 0.29) is 17.7 Å². The topological polar surface area (TPSA) is 104 Å². The minimum atomic E-state index is -0.444. The number of methoxy groups -OCH3 is 2. The SMILES string of the molecule is COc1ccc(-c2nnc(NC(=O)c3ccc(C(=O)c4ccccc4)cc3)o2)c(OC)c1. The molecule has 0 aliphatic rings. The molecule has 1 heterocycles. The summed E-state index contributed by atoms with van der Waals surface area (Å²) in [5, 5.41) is 10.4. The van der Waals surface area contributed by atoms with Crippen molar-refractivity contribution in [2.24, 2.45) is 0 Å². The van der Waals surface area contributed by atoms with Crippen LogP contribution in [0.15, 0.2) is 77.2 Å². The number of hydrogen-bond acceptors (Lipinski definition) is 7. The summed E-state index contributed by atoms with van der Waals surface area (Å²) in [6, 6.07) is 20.4. The van der Waals surface area contributed by atoms with Crippen molar-refractivity contribution in [2.75, 3.05) is 19.5 Å². The van der Waals surface area contributed by atoms with E-state index >= 15 is 0 Å². The molecular weight excluding hydrogens is 410 g/mol. The summed E-state index contributed by atoms with van der Waals surface area (Å²) in [7, 11) is 3.07. The van der Waals surface area contributed by atoms with Crippen molar-refractivity contribution in [1.29, 1.82) is 0 Å². The van der Waals surface area contributed by atoms with Gasteiger partial charge in [-0.2, -0.15) is 0 Å². The van der Waals surface area contributed by atoms with E-state index in [4.69, 9.17) is 13.9 Å². The van der Waals surface area contributed by atoms with Crippen LogP contribution in [0.5, 0.6) is 11.5 Å². The van der Waals surface area contributed by atoms with E-state index in [0.29, 0.717) is 33.8 Å². The smallest absolute Gasteiger partial charge is 0.322 e. The summed E-state index contributed by atoms with van der Waals surface area (Å²) in [5.74, 6) is 0.731. The van der Waals surface area contributed by atoms with Crippen molar-refractivity contribution < 1.29 is 23.5 Å². The quantitative estimate of drug-likeness (QED) is 0.438. The molecule has 0 spiro atoms. The number of ketones is 1. The van der Waals surface area contributed by atoms with Gasteiger partial charge in [0.15, 0.2) is 5.78 Å². The van der Waals surface area contributed by atoms with Crippen LogP contribution >= 0.6 is 0 Å². The Morgan fingerprint density at radius 1 is 0.812 bits per heavy atom. The van der Waals surface area contributed by atoms with Gasteiger partial charge in [0, 0.05) is 22.8 Å².